The predicted octanol–water partition coefficient (Wildman–Crippen LogP) is 2.82. The van der Waals surface area contributed by atoms with Gasteiger partial charge >= 0.3 is 0 Å². The van der Waals surface area contributed by atoms with Gasteiger partial charge in [-0.1, -0.05) is 22.8 Å². The number of azide groups is 1. The van der Waals surface area contributed by atoms with Gasteiger partial charge in [0.2, 0.25) is 0 Å². The highest BCUT2D eigenvalue weighted by Gasteiger charge is 2.34. The van der Waals surface area contributed by atoms with Crippen molar-refractivity contribution in [2.24, 2.45) is 5.11 Å². The maximum Gasteiger partial charge on any atom is 0.189 e. The van der Waals surface area contributed by atoms with E-state index < -0.39 is 14.7 Å². The van der Waals surface area contributed by atoms with Crippen molar-refractivity contribution in [3.05, 3.63) is 40.3 Å². The van der Waals surface area contributed by atoms with Gasteiger partial charge in [-0.15, -0.1) is 0 Å². The topological polar surface area (TPSA) is 82.9 Å². The first-order valence-electron chi connectivity index (χ1n) is 4.69. The highest BCUT2D eigenvalue weighted by atomic mass is 32.2. The molecule has 0 aliphatic rings. The Morgan fingerprint density at radius 1 is 1.25 bits per heavy atom. The molecule has 0 radical (unpaired) electrons. The summed E-state index contributed by atoms with van der Waals surface area (Å²) in [4.78, 5) is 1.25. The van der Waals surface area contributed by atoms with Crippen LogP contribution in [0.4, 0.5) is 0 Å². The van der Waals surface area contributed by atoms with Crippen LogP contribution in [0.1, 0.15) is 19.4 Å². The molecule has 1 aromatic carbocycles. The van der Waals surface area contributed by atoms with Gasteiger partial charge in [0, 0.05) is 4.91 Å². The van der Waals surface area contributed by atoms with Crippen LogP contribution in [0.2, 0.25) is 0 Å². The van der Waals surface area contributed by atoms with Crippen molar-refractivity contribution in [3.8, 4) is 0 Å². The van der Waals surface area contributed by atoms with Gasteiger partial charge in [0.05, 0.1) is 4.90 Å². The average molecular weight is 239 g/mol. The zero-order chi connectivity index (χ0) is 12.4. The van der Waals surface area contributed by atoms with E-state index in [1.807, 2.05) is 6.92 Å². The maximum absolute atomic E-state index is 12.1. The molecule has 86 valence electrons. The first-order chi connectivity index (χ1) is 7.31. The molecular weight excluding hydrogens is 226 g/mol. The minimum atomic E-state index is -3.64. The highest BCUT2D eigenvalue weighted by Crippen LogP contribution is 2.26. The molecule has 0 amide bonds. The van der Waals surface area contributed by atoms with E-state index in [-0.39, 0.29) is 4.90 Å². The summed E-state index contributed by atoms with van der Waals surface area (Å²) in [5.41, 5.74) is 9.32. The Labute approximate surface area is 94.7 Å². The van der Waals surface area contributed by atoms with Gasteiger partial charge in [-0.25, -0.2) is 8.42 Å². The molecule has 0 saturated carbocycles. The van der Waals surface area contributed by atoms with E-state index in [0.29, 0.717) is 0 Å². The Bertz CT molecular complexity index is 526. The van der Waals surface area contributed by atoms with E-state index in [2.05, 4.69) is 10.0 Å². The summed E-state index contributed by atoms with van der Waals surface area (Å²) in [5, 5.41) is 3.32. The Hall–Kier alpha value is -1.52. The van der Waals surface area contributed by atoms with E-state index in [1.54, 1.807) is 12.1 Å². The Morgan fingerprint density at radius 2 is 1.75 bits per heavy atom. The van der Waals surface area contributed by atoms with Crippen LogP contribution in [0.3, 0.4) is 0 Å². The highest BCUT2D eigenvalue weighted by molar-refractivity contribution is 7.92. The lowest BCUT2D eigenvalue weighted by molar-refractivity contribution is 0.552. The Morgan fingerprint density at radius 3 is 2.19 bits per heavy atom. The van der Waals surface area contributed by atoms with E-state index in [4.69, 9.17) is 5.53 Å². The molecule has 0 atom stereocenters. The smallest absolute Gasteiger partial charge is 0.189 e. The largest absolute Gasteiger partial charge is 0.223 e. The third-order valence-electron chi connectivity index (χ3n) is 2.27. The molecule has 1 aromatic rings. The number of hydrogen-bond acceptors (Lipinski definition) is 3. The molecular formula is C10H13N3O2S. The van der Waals surface area contributed by atoms with Crippen molar-refractivity contribution in [2.45, 2.75) is 30.5 Å². The monoisotopic (exact) mass is 239 g/mol. The first-order valence-corrected chi connectivity index (χ1v) is 6.17. The normalized spacial score (nSPS) is 11.9. The molecule has 1 rings (SSSR count). The minimum Gasteiger partial charge on any atom is -0.223 e. The summed E-state index contributed by atoms with van der Waals surface area (Å²) >= 11 is 0. The molecule has 0 aliphatic heterocycles. The lowest BCUT2D eigenvalue weighted by atomic mass is 10.2. The molecule has 0 aliphatic carbocycles. The lowest BCUT2D eigenvalue weighted by Gasteiger charge is -2.18. The molecule has 0 spiro atoms. The number of hydrogen-bond donors (Lipinski definition) is 0. The van der Waals surface area contributed by atoms with Gasteiger partial charge in [-0.2, -0.15) is 0 Å². The lowest BCUT2D eigenvalue weighted by Crippen LogP contribution is -2.28. The van der Waals surface area contributed by atoms with Crippen molar-refractivity contribution < 1.29 is 8.42 Å². The molecule has 16 heavy (non-hydrogen) atoms. The van der Waals surface area contributed by atoms with Gasteiger partial charge in [0.25, 0.3) is 0 Å². The van der Waals surface area contributed by atoms with E-state index >= 15 is 0 Å². The molecule has 0 fully saturated rings. The van der Waals surface area contributed by atoms with Gasteiger partial charge in [-0.3, -0.25) is 0 Å². The van der Waals surface area contributed by atoms with Crippen molar-refractivity contribution in [1.29, 1.82) is 0 Å². The number of aryl methyl sites for hydroxylation is 1. The number of rotatable bonds is 3. The van der Waals surface area contributed by atoms with Crippen LogP contribution in [-0.4, -0.2) is 13.3 Å². The second-order valence-electron chi connectivity index (χ2n) is 3.95. The molecule has 6 heteroatoms. The second-order valence-corrected chi connectivity index (χ2v) is 6.43. The summed E-state index contributed by atoms with van der Waals surface area (Å²) in [7, 11) is -3.64. The molecule has 0 N–H and O–H groups in total. The maximum atomic E-state index is 12.1. The fraction of sp³-hybridized carbons (Fsp3) is 0.400. The van der Waals surface area contributed by atoms with Crippen molar-refractivity contribution >= 4 is 9.84 Å². The van der Waals surface area contributed by atoms with Crippen molar-refractivity contribution in [1.82, 2.24) is 0 Å². The van der Waals surface area contributed by atoms with E-state index in [9.17, 15) is 8.42 Å². The van der Waals surface area contributed by atoms with Crippen LogP contribution in [0.25, 0.3) is 10.4 Å². The predicted molar refractivity (Wildman–Crippen MR) is 61.6 cm³/mol. The fourth-order valence-electron chi connectivity index (χ4n) is 1.17. The van der Waals surface area contributed by atoms with Gasteiger partial charge in [0.15, 0.2) is 9.84 Å². The van der Waals surface area contributed by atoms with Crippen LogP contribution in [0.5, 0.6) is 0 Å². The Kier molecular flexibility index (Phi) is 3.26. The summed E-state index contributed by atoms with van der Waals surface area (Å²) in [6.45, 7) is 4.62. The zero-order valence-electron chi connectivity index (χ0n) is 9.38. The van der Waals surface area contributed by atoms with E-state index in [0.717, 1.165) is 5.56 Å². The Balaban J connectivity index is 3.32. The molecule has 0 aromatic heterocycles. The third kappa shape index (κ3) is 2.18. The first kappa shape index (κ1) is 12.5. The van der Waals surface area contributed by atoms with Crippen molar-refractivity contribution in [2.75, 3.05) is 0 Å². The summed E-state index contributed by atoms with van der Waals surface area (Å²) in [5.74, 6) is 0. The summed E-state index contributed by atoms with van der Waals surface area (Å²) in [6.07, 6.45) is 0. The second kappa shape index (κ2) is 4.15. The van der Waals surface area contributed by atoms with Gasteiger partial charge < -0.3 is 0 Å². The molecule has 0 unspecified atom stereocenters. The summed E-state index contributed by atoms with van der Waals surface area (Å²) < 4.78 is 24.2. The number of nitrogens with zero attached hydrogens (tertiary/aromatic N) is 3. The van der Waals surface area contributed by atoms with Gasteiger partial charge in [0.1, 0.15) is 4.87 Å². The molecule has 5 nitrogen and oxygen atoms in total. The average Bonchev–Trinajstić information content (AvgIpc) is 2.18. The third-order valence-corrected chi connectivity index (χ3v) is 4.56. The van der Waals surface area contributed by atoms with Crippen LogP contribution < -0.4 is 0 Å². The van der Waals surface area contributed by atoms with Crippen molar-refractivity contribution in [3.63, 3.8) is 0 Å². The van der Waals surface area contributed by atoms with E-state index in [1.165, 1.54) is 26.0 Å². The number of benzene rings is 1. The van der Waals surface area contributed by atoms with Gasteiger partial charge in [-0.05, 0) is 38.4 Å². The quantitative estimate of drug-likeness (QED) is 0.461. The summed E-state index contributed by atoms with van der Waals surface area (Å²) in [6, 6.07) is 6.44. The van der Waals surface area contributed by atoms with Crippen LogP contribution >= 0.6 is 0 Å². The fourth-order valence-corrected chi connectivity index (χ4v) is 2.38. The minimum absolute atomic E-state index is 0.163. The number of sulfone groups is 1. The van der Waals surface area contributed by atoms with Crippen LogP contribution in [0.15, 0.2) is 34.3 Å². The zero-order valence-corrected chi connectivity index (χ0v) is 10.2. The molecule has 0 heterocycles. The standard InChI is InChI=1S/C10H13N3O2S/c1-8-4-6-9(7-5-8)16(14,15)10(2,3)12-13-11/h4-7H,1-3H3. The van der Waals surface area contributed by atoms with Crippen LogP contribution in [-0.2, 0) is 9.84 Å². The SMILES string of the molecule is Cc1ccc(S(=O)(=O)C(C)(C)N=[N+]=[N-])cc1. The molecule has 0 bridgehead atoms. The molecule has 0 saturated heterocycles. The van der Waals surface area contributed by atoms with Crippen LogP contribution in [0, 0.1) is 6.92 Å².